The summed E-state index contributed by atoms with van der Waals surface area (Å²) in [7, 11) is -4.33. The third-order valence-corrected chi connectivity index (χ3v) is 5.04. The molecule has 0 saturated carbocycles. The number of sulfonamides is 1. The molecular weight excluding hydrogens is 361 g/mol. The lowest BCUT2D eigenvalue weighted by atomic mass is 10.3. The number of rotatable bonds is 4. The highest BCUT2D eigenvalue weighted by atomic mass is 79.9. The average molecular weight is 375 g/mol. The van der Waals surface area contributed by atoms with Gasteiger partial charge in [-0.15, -0.1) is 0 Å². The first-order chi connectivity index (χ1) is 8.95. The van der Waals surface area contributed by atoms with Crippen LogP contribution in [0.3, 0.4) is 0 Å². The van der Waals surface area contributed by atoms with Gasteiger partial charge in [-0.2, -0.15) is 17.5 Å². The topological polar surface area (TPSA) is 63.4 Å². The Balaban J connectivity index is 3.34. The largest absolute Gasteiger partial charge is 0.402 e. The quantitative estimate of drug-likeness (QED) is 0.823. The van der Waals surface area contributed by atoms with E-state index in [2.05, 4.69) is 15.9 Å². The summed E-state index contributed by atoms with van der Waals surface area (Å²) in [5.74, 6) is 0. The minimum Gasteiger partial charge on any atom is -0.398 e. The van der Waals surface area contributed by atoms with Crippen molar-refractivity contribution in [2.24, 2.45) is 0 Å². The van der Waals surface area contributed by atoms with Crippen molar-refractivity contribution in [3.8, 4) is 0 Å². The number of nitrogens with two attached hydrogens (primary N) is 1. The van der Waals surface area contributed by atoms with Crippen LogP contribution in [0.2, 0.25) is 0 Å². The first kappa shape index (κ1) is 17.3. The molecule has 2 N–H and O–H groups in total. The van der Waals surface area contributed by atoms with E-state index in [-0.39, 0.29) is 10.6 Å². The highest BCUT2D eigenvalue weighted by Gasteiger charge is 2.39. The first-order valence-electron chi connectivity index (χ1n) is 5.59. The Hall–Kier alpha value is -0.800. The number of hydrogen-bond acceptors (Lipinski definition) is 3. The molecule has 0 bridgehead atoms. The summed E-state index contributed by atoms with van der Waals surface area (Å²) >= 11 is 3.08. The van der Waals surface area contributed by atoms with Gasteiger partial charge < -0.3 is 5.73 Å². The number of halogens is 4. The van der Waals surface area contributed by atoms with Crippen molar-refractivity contribution in [3.63, 3.8) is 0 Å². The van der Waals surface area contributed by atoms with Crippen molar-refractivity contribution in [1.29, 1.82) is 0 Å². The van der Waals surface area contributed by atoms with Crippen molar-refractivity contribution < 1.29 is 21.6 Å². The van der Waals surface area contributed by atoms with Gasteiger partial charge in [-0.05, 0) is 32.0 Å². The normalized spacial score (nSPS) is 13.2. The standard InChI is InChI=1S/C11H14BrF3N2O2S/c1-7(2)17(6-11(13,14)15)20(18,19)10-5-8(12)3-4-9(10)16/h3-5,7H,6,16H2,1-2H3. The van der Waals surface area contributed by atoms with Gasteiger partial charge in [-0.25, -0.2) is 8.42 Å². The van der Waals surface area contributed by atoms with Crippen molar-refractivity contribution in [1.82, 2.24) is 4.31 Å². The summed E-state index contributed by atoms with van der Waals surface area (Å²) in [6.45, 7) is 1.19. The number of anilines is 1. The Bertz CT molecular complexity index is 588. The molecule has 0 atom stereocenters. The van der Waals surface area contributed by atoms with Gasteiger partial charge in [0.25, 0.3) is 0 Å². The number of nitrogen functional groups attached to an aromatic ring is 1. The fourth-order valence-corrected chi connectivity index (χ4v) is 3.86. The third-order valence-electron chi connectivity index (χ3n) is 2.47. The first-order valence-corrected chi connectivity index (χ1v) is 7.82. The summed E-state index contributed by atoms with van der Waals surface area (Å²) in [6, 6.07) is 3.18. The minimum atomic E-state index is -4.63. The van der Waals surface area contributed by atoms with Crippen LogP contribution in [0, 0.1) is 0 Å². The van der Waals surface area contributed by atoms with Crippen LogP contribution in [-0.4, -0.2) is 31.5 Å². The van der Waals surface area contributed by atoms with Gasteiger partial charge in [0.05, 0.1) is 5.69 Å². The highest BCUT2D eigenvalue weighted by molar-refractivity contribution is 9.10. The molecule has 0 aromatic heterocycles. The molecule has 0 heterocycles. The van der Waals surface area contributed by atoms with Crippen LogP contribution in [-0.2, 0) is 10.0 Å². The summed E-state index contributed by atoms with van der Waals surface area (Å²) in [5, 5.41) is 0. The summed E-state index contributed by atoms with van der Waals surface area (Å²) in [4.78, 5) is -0.343. The molecule has 0 aliphatic heterocycles. The third kappa shape index (κ3) is 4.10. The molecule has 4 nitrogen and oxygen atoms in total. The van der Waals surface area contributed by atoms with E-state index in [1.54, 1.807) is 0 Å². The van der Waals surface area contributed by atoms with Crippen LogP contribution in [0.25, 0.3) is 0 Å². The van der Waals surface area contributed by atoms with Crippen LogP contribution in [0.5, 0.6) is 0 Å². The molecule has 114 valence electrons. The van der Waals surface area contributed by atoms with Crippen molar-refractivity contribution >= 4 is 31.6 Å². The molecule has 0 unspecified atom stereocenters. The lowest BCUT2D eigenvalue weighted by Gasteiger charge is -2.27. The van der Waals surface area contributed by atoms with E-state index in [0.29, 0.717) is 8.78 Å². The molecule has 0 spiro atoms. The van der Waals surface area contributed by atoms with Crippen LogP contribution in [0.15, 0.2) is 27.6 Å². The summed E-state index contributed by atoms with van der Waals surface area (Å²) in [5.41, 5.74) is 5.47. The van der Waals surface area contributed by atoms with Crippen LogP contribution >= 0.6 is 15.9 Å². The second-order valence-electron chi connectivity index (χ2n) is 4.44. The molecule has 20 heavy (non-hydrogen) atoms. The molecular formula is C11H14BrF3N2O2S. The van der Waals surface area contributed by atoms with Crippen molar-refractivity contribution in [2.45, 2.75) is 31.0 Å². The van der Waals surface area contributed by atoms with Crippen LogP contribution < -0.4 is 5.73 Å². The lowest BCUT2D eigenvalue weighted by Crippen LogP contribution is -2.43. The Labute approximate surface area is 123 Å². The van der Waals surface area contributed by atoms with Gasteiger partial charge in [-0.3, -0.25) is 0 Å². The van der Waals surface area contributed by atoms with E-state index in [1.807, 2.05) is 0 Å². The van der Waals surface area contributed by atoms with Gasteiger partial charge in [0, 0.05) is 10.5 Å². The van der Waals surface area contributed by atoms with Crippen LogP contribution in [0.1, 0.15) is 13.8 Å². The predicted molar refractivity (Wildman–Crippen MR) is 73.6 cm³/mol. The zero-order valence-corrected chi connectivity index (χ0v) is 13.2. The Morgan fingerprint density at radius 1 is 1.35 bits per heavy atom. The van der Waals surface area contributed by atoms with Gasteiger partial charge >= 0.3 is 6.18 Å². The molecule has 0 aliphatic rings. The van der Waals surface area contributed by atoms with E-state index in [0.717, 1.165) is 0 Å². The zero-order valence-electron chi connectivity index (χ0n) is 10.8. The molecule has 1 aromatic rings. The molecule has 0 amide bonds. The van der Waals surface area contributed by atoms with E-state index in [9.17, 15) is 21.6 Å². The van der Waals surface area contributed by atoms with Gasteiger partial charge in [0.15, 0.2) is 0 Å². The van der Waals surface area contributed by atoms with Gasteiger partial charge in [-0.1, -0.05) is 15.9 Å². The molecule has 1 rings (SSSR count). The summed E-state index contributed by atoms with van der Waals surface area (Å²) < 4.78 is 63.1. The Morgan fingerprint density at radius 2 is 1.90 bits per heavy atom. The predicted octanol–water partition coefficient (Wildman–Crippen LogP) is 2.99. The number of benzene rings is 1. The number of hydrogen-bond donors (Lipinski definition) is 1. The maximum atomic E-state index is 12.5. The monoisotopic (exact) mass is 374 g/mol. The van der Waals surface area contributed by atoms with Gasteiger partial charge in [0.2, 0.25) is 10.0 Å². The molecule has 9 heteroatoms. The maximum absolute atomic E-state index is 12.5. The highest BCUT2D eigenvalue weighted by Crippen LogP contribution is 2.29. The zero-order chi connectivity index (χ0) is 15.7. The fraction of sp³-hybridized carbons (Fsp3) is 0.455. The molecule has 0 saturated heterocycles. The molecule has 0 radical (unpaired) electrons. The molecule has 0 fully saturated rings. The minimum absolute atomic E-state index is 0.0963. The summed E-state index contributed by atoms with van der Waals surface area (Å²) in [6.07, 6.45) is -4.63. The Kier molecular flexibility index (Phi) is 5.09. The number of nitrogens with zero attached hydrogens (tertiary/aromatic N) is 1. The molecule has 1 aromatic carbocycles. The van der Waals surface area contributed by atoms with E-state index in [1.165, 1.54) is 32.0 Å². The van der Waals surface area contributed by atoms with Crippen molar-refractivity contribution in [2.75, 3.05) is 12.3 Å². The van der Waals surface area contributed by atoms with Gasteiger partial charge in [0.1, 0.15) is 11.4 Å². The number of alkyl halides is 3. The average Bonchev–Trinajstić information content (AvgIpc) is 2.27. The lowest BCUT2D eigenvalue weighted by molar-refractivity contribution is -0.138. The van der Waals surface area contributed by atoms with E-state index in [4.69, 9.17) is 5.73 Å². The smallest absolute Gasteiger partial charge is 0.398 e. The second kappa shape index (κ2) is 5.90. The second-order valence-corrected chi connectivity index (χ2v) is 7.22. The maximum Gasteiger partial charge on any atom is 0.402 e. The van der Waals surface area contributed by atoms with E-state index < -0.39 is 28.8 Å². The van der Waals surface area contributed by atoms with Crippen molar-refractivity contribution in [3.05, 3.63) is 22.7 Å². The molecule has 0 aliphatic carbocycles. The Morgan fingerprint density at radius 3 is 2.35 bits per heavy atom. The van der Waals surface area contributed by atoms with Crippen LogP contribution in [0.4, 0.5) is 18.9 Å². The fourth-order valence-electron chi connectivity index (χ4n) is 1.58. The SMILES string of the molecule is CC(C)N(CC(F)(F)F)S(=O)(=O)c1cc(Br)ccc1N. The van der Waals surface area contributed by atoms with E-state index >= 15 is 0 Å².